The summed E-state index contributed by atoms with van der Waals surface area (Å²) in [5, 5.41) is 3.42. The van der Waals surface area contributed by atoms with Gasteiger partial charge in [-0.15, -0.1) is 0 Å². The van der Waals surface area contributed by atoms with Gasteiger partial charge in [-0.1, -0.05) is 24.3 Å². The van der Waals surface area contributed by atoms with E-state index in [0.717, 1.165) is 37.3 Å². The highest BCUT2D eigenvalue weighted by atomic mass is 15.1. The average molecular weight is 297 g/mol. The number of nitrogens with one attached hydrogen (secondary N) is 1. The van der Waals surface area contributed by atoms with Crippen molar-refractivity contribution in [3.63, 3.8) is 0 Å². The SMILES string of the molecule is CN(C)CCNc1nc(N)ncc1C1CCc2ccccc21. The van der Waals surface area contributed by atoms with E-state index in [1.807, 2.05) is 6.20 Å². The molecule has 5 heteroatoms. The van der Waals surface area contributed by atoms with Gasteiger partial charge < -0.3 is 16.0 Å². The highest BCUT2D eigenvalue weighted by Crippen LogP contribution is 2.40. The maximum absolute atomic E-state index is 5.78. The van der Waals surface area contributed by atoms with Crippen molar-refractivity contribution in [1.29, 1.82) is 0 Å². The first-order valence-electron chi connectivity index (χ1n) is 7.74. The Hall–Kier alpha value is -2.14. The molecule has 0 amide bonds. The molecule has 22 heavy (non-hydrogen) atoms. The van der Waals surface area contributed by atoms with Crippen LogP contribution in [-0.2, 0) is 6.42 Å². The maximum atomic E-state index is 5.78. The monoisotopic (exact) mass is 297 g/mol. The molecule has 5 nitrogen and oxygen atoms in total. The van der Waals surface area contributed by atoms with Gasteiger partial charge in [0.1, 0.15) is 5.82 Å². The Morgan fingerprint density at radius 2 is 2.09 bits per heavy atom. The van der Waals surface area contributed by atoms with Crippen molar-refractivity contribution in [2.24, 2.45) is 0 Å². The van der Waals surface area contributed by atoms with E-state index in [4.69, 9.17) is 5.73 Å². The van der Waals surface area contributed by atoms with E-state index in [-0.39, 0.29) is 0 Å². The van der Waals surface area contributed by atoms with Crippen LogP contribution in [-0.4, -0.2) is 42.1 Å². The molecule has 116 valence electrons. The normalized spacial score (nSPS) is 16.8. The first-order chi connectivity index (χ1) is 10.6. The minimum absolute atomic E-state index is 0.322. The summed E-state index contributed by atoms with van der Waals surface area (Å²) in [7, 11) is 4.12. The highest BCUT2D eigenvalue weighted by molar-refractivity contribution is 5.53. The fraction of sp³-hybridized carbons (Fsp3) is 0.412. The summed E-state index contributed by atoms with van der Waals surface area (Å²) in [6, 6.07) is 8.64. The topological polar surface area (TPSA) is 67.1 Å². The first kappa shape index (κ1) is 14.8. The minimum Gasteiger partial charge on any atom is -0.368 e. The predicted molar refractivity (Wildman–Crippen MR) is 90.1 cm³/mol. The molecule has 1 atom stereocenters. The van der Waals surface area contributed by atoms with Gasteiger partial charge in [0.15, 0.2) is 0 Å². The first-order valence-corrected chi connectivity index (χ1v) is 7.74. The molecule has 1 aliphatic carbocycles. The molecule has 1 unspecified atom stereocenters. The van der Waals surface area contributed by atoms with Crippen LogP contribution in [0.2, 0.25) is 0 Å². The van der Waals surface area contributed by atoms with E-state index < -0.39 is 0 Å². The highest BCUT2D eigenvalue weighted by Gasteiger charge is 2.26. The van der Waals surface area contributed by atoms with E-state index >= 15 is 0 Å². The number of likely N-dealkylation sites (N-methyl/N-ethyl adjacent to an activating group) is 1. The van der Waals surface area contributed by atoms with Gasteiger partial charge in [0.25, 0.3) is 0 Å². The molecule has 0 saturated carbocycles. The number of hydrogen-bond donors (Lipinski definition) is 2. The molecule has 1 aliphatic rings. The fourth-order valence-corrected chi connectivity index (χ4v) is 3.08. The second-order valence-corrected chi connectivity index (χ2v) is 6.05. The van der Waals surface area contributed by atoms with Crippen molar-refractivity contribution in [1.82, 2.24) is 14.9 Å². The van der Waals surface area contributed by atoms with Crippen LogP contribution < -0.4 is 11.1 Å². The van der Waals surface area contributed by atoms with Gasteiger partial charge in [-0.3, -0.25) is 0 Å². The third kappa shape index (κ3) is 3.04. The number of benzene rings is 1. The lowest BCUT2D eigenvalue weighted by molar-refractivity contribution is 0.425. The molecule has 0 spiro atoms. The van der Waals surface area contributed by atoms with Gasteiger partial charge in [-0.2, -0.15) is 4.98 Å². The number of hydrogen-bond acceptors (Lipinski definition) is 5. The lowest BCUT2D eigenvalue weighted by atomic mass is 9.94. The summed E-state index contributed by atoms with van der Waals surface area (Å²) in [4.78, 5) is 10.8. The minimum atomic E-state index is 0.322. The number of rotatable bonds is 5. The van der Waals surface area contributed by atoms with E-state index in [2.05, 4.69) is 58.5 Å². The van der Waals surface area contributed by atoms with Crippen LogP contribution in [0.25, 0.3) is 0 Å². The lowest BCUT2D eigenvalue weighted by Gasteiger charge is -2.18. The number of fused-ring (bicyclic) bond motifs is 1. The molecule has 2 aromatic rings. The molecule has 1 aromatic carbocycles. The van der Waals surface area contributed by atoms with Crippen LogP contribution in [0.4, 0.5) is 11.8 Å². The maximum Gasteiger partial charge on any atom is 0.221 e. The number of aromatic nitrogens is 2. The Morgan fingerprint density at radius 1 is 1.27 bits per heavy atom. The molecule has 3 rings (SSSR count). The van der Waals surface area contributed by atoms with Gasteiger partial charge in [-0.25, -0.2) is 4.98 Å². The Labute approximate surface area is 131 Å². The van der Waals surface area contributed by atoms with Gasteiger partial charge >= 0.3 is 0 Å². The Bertz CT molecular complexity index is 653. The molecule has 0 bridgehead atoms. The molecular weight excluding hydrogens is 274 g/mol. The summed E-state index contributed by atoms with van der Waals surface area (Å²) in [6.07, 6.45) is 4.10. The molecule has 0 aliphatic heterocycles. The van der Waals surface area contributed by atoms with E-state index in [1.54, 1.807) is 0 Å². The Balaban J connectivity index is 1.87. The summed E-state index contributed by atoms with van der Waals surface area (Å²) in [6.45, 7) is 1.79. The van der Waals surface area contributed by atoms with E-state index in [1.165, 1.54) is 11.1 Å². The molecule has 1 heterocycles. The molecule has 0 saturated heterocycles. The average Bonchev–Trinajstić information content (AvgIpc) is 2.91. The Morgan fingerprint density at radius 3 is 2.91 bits per heavy atom. The summed E-state index contributed by atoms with van der Waals surface area (Å²) < 4.78 is 0. The van der Waals surface area contributed by atoms with Crippen molar-refractivity contribution >= 4 is 11.8 Å². The largest absolute Gasteiger partial charge is 0.368 e. The molecule has 0 radical (unpaired) electrons. The van der Waals surface area contributed by atoms with Crippen LogP contribution in [0, 0.1) is 0 Å². The summed E-state index contributed by atoms with van der Waals surface area (Å²) in [5.74, 6) is 1.55. The number of nitrogens with zero attached hydrogens (tertiary/aromatic N) is 3. The summed E-state index contributed by atoms with van der Waals surface area (Å²) >= 11 is 0. The predicted octanol–water partition coefficient (Wildman–Crippen LogP) is 2.11. The van der Waals surface area contributed by atoms with Crippen LogP contribution in [0.1, 0.15) is 29.0 Å². The number of anilines is 2. The van der Waals surface area contributed by atoms with Gasteiger partial charge in [0.05, 0.1) is 0 Å². The van der Waals surface area contributed by atoms with Gasteiger partial charge in [0, 0.05) is 30.8 Å². The quantitative estimate of drug-likeness (QED) is 0.885. The lowest BCUT2D eigenvalue weighted by Crippen LogP contribution is -2.22. The van der Waals surface area contributed by atoms with Gasteiger partial charge in [-0.05, 0) is 38.1 Å². The van der Waals surface area contributed by atoms with Crippen LogP contribution >= 0.6 is 0 Å². The second-order valence-electron chi connectivity index (χ2n) is 6.05. The van der Waals surface area contributed by atoms with Crippen molar-refractivity contribution < 1.29 is 0 Å². The van der Waals surface area contributed by atoms with Crippen molar-refractivity contribution in [2.75, 3.05) is 38.2 Å². The standard InChI is InChI=1S/C17H23N5/c1-22(2)10-9-19-16-15(11-20-17(18)21-16)14-8-7-12-5-3-4-6-13(12)14/h3-6,11,14H,7-10H2,1-2H3,(H3,18,19,20,21). The fourth-order valence-electron chi connectivity index (χ4n) is 3.08. The zero-order valence-corrected chi connectivity index (χ0v) is 13.2. The second kappa shape index (κ2) is 6.32. The van der Waals surface area contributed by atoms with E-state index in [9.17, 15) is 0 Å². The third-order valence-electron chi connectivity index (χ3n) is 4.20. The zero-order valence-electron chi connectivity index (χ0n) is 13.2. The smallest absolute Gasteiger partial charge is 0.221 e. The van der Waals surface area contributed by atoms with Gasteiger partial charge in [0.2, 0.25) is 5.95 Å². The van der Waals surface area contributed by atoms with Crippen molar-refractivity contribution in [2.45, 2.75) is 18.8 Å². The van der Waals surface area contributed by atoms with Crippen molar-refractivity contribution in [3.8, 4) is 0 Å². The number of nitrogens with two attached hydrogens (primary N) is 1. The van der Waals surface area contributed by atoms with Crippen LogP contribution in [0.3, 0.4) is 0 Å². The molecule has 1 aromatic heterocycles. The van der Waals surface area contributed by atoms with E-state index in [0.29, 0.717) is 11.9 Å². The number of nitrogen functional groups attached to an aromatic ring is 1. The Kier molecular flexibility index (Phi) is 4.24. The number of aryl methyl sites for hydroxylation is 1. The molecule has 3 N–H and O–H groups in total. The van der Waals surface area contributed by atoms with Crippen LogP contribution in [0.5, 0.6) is 0 Å². The van der Waals surface area contributed by atoms with Crippen LogP contribution in [0.15, 0.2) is 30.5 Å². The summed E-state index contributed by atoms with van der Waals surface area (Å²) in [5.41, 5.74) is 9.76. The molecule has 0 fully saturated rings. The zero-order chi connectivity index (χ0) is 15.5. The van der Waals surface area contributed by atoms with Crippen molar-refractivity contribution in [3.05, 3.63) is 47.2 Å². The third-order valence-corrected chi connectivity index (χ3v) is 4.20. The molecular formula is C17H23N5.